The summed E-state index contributed by atoms with van der Waals surface area (Å²) in [6.07, 6.45) is 0. The van der Waals surface area contributed by atoms with Crippen LogP contribution in [0, 0.1) is 0 Å². The number of hydrogen-bond acceptors (Lipinski definition) is 2. The van der Waals surface area contributed by atoms with Gasteiger partial charge in [0.25, 0.3) is 0 Å². The fourth-order valence-electron chi connectivity index (χ4n) is 3.30. The van der Waals surface area contributed by atoms with E-state index in [1.54, 1.807) is 24.3 Å². The first-order chi connectivity index (χ1) is 12.1. The van der Waals surface area contributed by atoms with Crippen molar-refractivity contribution in [2.45, 2.75) is 6.92 Å². The SMILES string of the molecule is CC(=O)c1ccccc1C(=O)c1cccc2cc3ccccc3cc12. The van der Waals surface area contributed by atoms with Crippen LogP contribution in [-0.2, 0) is 0 Å². The van der Waals surface area contributed by atoms with E-state index < -0.39 is 0 Å². The summed E-state index contributed by atoms with van der Waals surface area (Å²) in [5, 5.41) is 4.16. The maximum Gasteiger partial charge on any atom is 0.194 e. The summed E-state index contributed by atoms with van der Waals surface area (Å²) in [5.41, 5.74) is 1.54. The lowest BCUT2D eigenvalue weighted by Gasteiger charge is -2.10. The third-order valence-corrected chi connectivity index (χ3v) is 4.54. The smallest absolute Gasteiger partial charge is 0.194 e. The third kappa shape index (κ3) is 2.62. The van der Waals surface area contributed by atoms with Gasteiger partial charge in [-0.15, -0.1) is 0 Å². The molecule has 25 heavy (non-hydrogen) atoms. The molecule has 120 valence electrons. The van der Waals surface area contributed by atoms with Gasteiger partial charge in [0.1, 0.15) is 0 Å². The van der Waals surface area contributed by atoms with Crippen molar-refractivity contribution in [3.05, 3.63) is 95.6 Å². The van der Waals surface area contributed by atoms with E-state index in [0.29, 0.717) is 16.7 Å². The quantitative estimate of drug-likeness (QED) is 0.372. The molecular weight excluding hydrogens is 308 g/mol. The second-order valence-electron chi connectivity index (χ2n) is 6.16. The van der Waals surface area contributed by atoms with Gasteiger partial charge in [-0.1, -0.05) is 66.7 Å². The van der Waals surface area contributed by atoms with Crippen molar-refractivity contribution in [1.82, 2.24) is 0 Å². The van der Waals surface area contributed by atoms with Gasteiger partial charge in [0.2, 0.25) is 0 Å². The molecule has 4 aromatic carbocycles. The lowest BCUT2D eigenvalue weighted by molar-refractivity contribution is 0.0991. The molecule has 0 saturated carbocycles. The van der Waals surface area contributed by atoms with Crippen molar-refractivity contribution in [1.29, 1.82) is 0 Å². The predicted octanol–water partition coefficient (Wildman–Crippen LogP) is 5.43. The van der Waals surface area contributed by atoms with Gasteiger partial charge >= 0.3 is 0 Å². The number of ketones is 2. The zero-order valence-electron chi connectivity index (χ0n) is 13.8. The lowest BCUT2D eigenvalue weighted by Crippen LogP contribution is -2.08. The number of hydrogen-bond donors (Lipinski definition) is 0. The number of Topliss-reactive ketones (excluding diaryl/α,β-unsaturated/α-hetero) is 1. The summed E-state index contributed by atoms with van der Waals surface area (Å²) in [6.45, 7) is 1.49. The summed E-state index contributed by atoms with van der Waals surface area (Å²) in [4.78, 5) is 25.1. The van der Waals surface area contributed by atoms with E-state index in [4.69, 9.17) is 0 Å². The molecule has 0 N–H and O–H groups in total. The molecule has 2 nitrogen and oxygen atoms in total. The first-order valence-corrected chi connectivity index (χ1v) is 8.21. The Morgan fingerprint density at radius 3 is 1.88 bits per heavy atom. The van der Waals surface area contributed by atoms with E-state index in [0.717, 1.165) is 21.5 Å². The molecule has 0 aliphatic heterocycles. The van der Waals surface area contributed by atoms with E-state index in [9.17, 15) is 9.59 Å². The Balaban J connectivity index is 1.96. The Morgan fingerprint density at radius 2 is 1.16 bits per heavy atom. The fraction of sp³-hybridized carbons (Fsp3) is 0.0435. The number of carbonyl (C=O) groups excluding carboxylic acids is 2. The van der Waals surface area contributed by atoms with Crippen LogP contribution in [0.5, 0.6) is 0 Å². The average molecular weight is 324 g/mol. The van der Waals surface area contributed by atoms with E-state index in [2.05, 4.69) is 12.1 Å². The second-order valence-corrected chi connectivity index (χ2v) is 6.16. The molecule has 0 amide bonds. The molecule has 0 spiro atoms. The fourth-order valence-corrected chi connectivity index (χ4v) is 3.30. The van der Waals surface area contributed by atoms with Gasteiger partial charge in [-0.25, -0.2) is 0 Å². The maximum absolute atomic E-state index is 13.2. The molecule has 0 aromatic heterocycles. The van der Waals surface area contributed by atoms with Crippen molar-refractivity contribution in [2.75, 3.05) is 0 Å². The van der Waals surface area contributed by atoms with Crippen LogP contribution in [0.4, 0.5) is 0 Å². The van der Waals surface area contributed by atoms with Gasteiger partial charge in [0, 0.05) is 16.7 Å². The van der Waals surface area contributed by atoms with Crippen LogP contribution >= 0.6 is 0 Å². The molecular formula is C23H16O2. The first kappa shape index (κ1) is 15.3. The predicted molar refractivity (Wildman–Crippen MR) is 101 cm³/mol. The van der Waals surface area contributed by atoms with Crippen LogP contribution in [-0.4, -0.2) is 11.6 Å². The highest BCUT2D eigenvalue weighted by atomic mass is 16.1. The molecule has 0 saturated heterocycles. The second kappa shape index (κ2) is 5.99. The molecule has 0 atom stereocenters. The number of rotatable bonds is 3. The minimum absolute atomic E-state index is 0.102. The van der Waals surface area contributed by atoms with Crippen LogP contribution in [0.1, 0.15) is 33.2 Å². The van der Waals surface area contributed by atoms with E-state index in [1.165, 1.54) is 6.92 Å². The van der Waals surface area contributed by atoms with Gasteiger partial charge in [-0.05, 0) is 40.6 Å². The standard InChI is InChI=1S/C23H16O2/c1-15(24)19-10-4-5-11-20(19)23(25)21-12-6-9-18-13-16-7-2-3-8-17(16)14-22(18)21/h2-14H,1H3. The minimum atomic E-state index is -0.119. The first-order valence-electron chi connectivity index (χ1n) is 8.21. The Hall–Kier alpha value is -3.26. The van der Waals surface area contributed by atoms with Crippen LogP contribution < -0.4 is 0 Å². The van der Waals surface area contributed by atoms with Crippen molar-refractivity contribution in [3.63, 3.8) is 0 Å². The Kier molecular flexibility index (Phi) is 3.66. The molecule has 0 bridgehead atoms. The summed E-state index contributed by atoms with van der Waals surface area (Å²) in [7, 11) is 0. The average Bonchev–Trinajstić information content (AvgIpc) is 2.65. The van der Waals surface area contributed by atoms with Gasteiger partial charge in [-0.3, -0.25) is 9.59 Å². The molecule has 0 fully saturated rings. The van der Waals surface area contributed by atoms with Crippen molar-refractivity contribution >= 4 is 33.1 Å². The number of carbonyl (C=O) groups is 2. The van der Waals surface area contributed by atoms with E-state index >= 15 is 0 Å². The van der Waals surface area contributed by atoms with Gasteiger partial charge < -0.3 is 0 Å². The summed E-state index contributed by atoms with van der Waals surface area (Å²) < 4.78 is 0. The summed E-state index contributed by atoms with van der Waals surface area (Å²) in [5.74, 6) is -0.221. The molecule has 0 radical (unpaired) electrons. The normalized spacial score (nSPS) is 10.9. The molecule has 4 rings (SSSR count). The zero-order chi connectivity index (χ0) is 17.4. The van der Waals surface area contributed by atoms with Crippen molar-refractivity contribution in [2.24, 2.45) is 0 Å². The molecule has 4 aromatic rings. The van der Waals surface area contributed by atoms with Crippen LogP contribution in [0.2, 0.25) is 0 Å². The summed E-state index contributed by atoms with van der Waals surface area (Å²) in [6, 6.07) is 25.0. The molecule has 2 heteroatoms. The minimum Gasteiger partial charge on any atom is -0.294 e. The Labute approximate surface area is 145 Å². The van der Waals surface area contributed by atoms with Crippen molar-refractivity contribution in [3.8, 4) is 0 Å². The maximum atomic E-state index is 13.2. The molecule has 0 unspecified atom stereocenters. The van der Waals surface area contributed by atoms with Crippen molar-refractivity contribution < 1.29 is 9.59 Å². The highest BCUT2D eigenvalue weighted by Crippen LogP contribution is 2.27. The van der Waals surface area contributed by atoms with Crippen LogP contribution in [0.25, 0.3) is 21.5 Å². The van der Waals surface area contributed by atoms with Gasteiger partial charge in [-0.2, -0.15) is 0 Å². The van der Waals surface area contributed by atoms with Gasteiger partial charge in [0.05, 0.1) is 0 Å². The molecule has 0 aliphatic rings. The third-order valence-electron chi connectivity index (χ3n) is 4.54. The largest absolute Gasteiger partial charge is 0.294 e. The van der Waals surface area contributed by atoms with Gasteiger partial charge in [0.15, 0.2) is 11.6 Å². The van der Waals surface area contributed by atoms with Crippen LogP contribution in [0.3, 0.4) is 0 Å². The number of fused-ring (bicyclic) bond motifs is 2. The zero-order valence-corrected chi connectivity index (χ0v) is 13.8. The molecule has 0 heterocycles. The Morgan fingerprint density at radius 1 is 0.600 bits per heavy atom. The molecule has 0 aliphatic carbocycles. The Bertz CT molecular complexity index is 1140. The summed E-state index contributed by atoms with van der Waals surface area (Å²) >= 11 is 0. The topological polar surface area (TPSA) is 34.1 Å². The van der Waals surface area contributed by atoms with E-state index in [1.807, 2.05) is 42.5 Å². The van der Waals surface area contributed by atoms with Crippen LogP contribution in [0.15, 0.2) is 78.9 Å². The number of benzene rings is 4. The highest BCUT2D eigenvalue weighted by Gasteiger charge is 2.17. The lowest BCUT2D eigenvalue weighted by atomic mass is 9.92. The highest BCUT2D eigenvalue weighted by molar-refractivity contribution is 6.21. The monoisotopic (exact) mass is 324 g/mol. The van der Waals surface area contributed by atoms with E-state index in [-0.39, 0.29) is 11.6 Å².